The lowest BCUT2D eigenvalue weighted by molar-refractivity contribution is 0.414. The average Bonchev–Trinajstić information content (AvgIpc) is 2.94. The van der Waals surface area contributed by atoms with Gasteiger partial charge >= 0.3 is 0 Å². The number of nitrogens with one attached hydrogen (secondary N) is 1. The molecule has 0 saturated carbocycles. The SMILES string of the molecule is COc1ccc(CNc2ncc(C#N)c3sc(C)cc23)cc1. The number of anilines is 1. The van der Waals surface area contributed by atoms with Gasteiger partial charge in [-0.25, -0.2) is 4.98 Å². The minimum Gasteiger partial charge on any atom is -0.497 e. The van der Waals surface area contributed by atoms with Crippen LogP contribution in [0, 0.1) is 18.3 Å². The number of nitriles is 1. The van der Waals surface area contributed by atoms with Gasteiger partial charge in [-0.05, 0) is 30.7 Å². The first-order valence-electron chi connectivity index (χ1n) is 6.87. The maximum absolute atomic E-state index is 9.18. The van der Waals surface area contributed by atoms with Crippen LogP contribution in [0.5, 0.6) is 5.75 Å². The highest BCUT2D eigenvalue weighted by Gasteiger charge is 2.10. The van der Waals surface area contributed by atoms with Crippen molar-refractivity contribution in [3.8, 4) is 11.8 Å². The number of nitrogens with zero attached hydrogens (tertiary/aromatic N) is 2. The van der Waals surface area contributed by atoms with Crippen LogP contribution in [0.2, 0.25) is 0 Å². The summed E-state index contributed by atoms with van der Waals surface area (Å²) in [5.41, 5.74) is 1.77. The van der Waals surface area contributed by atoms with E-state index in [0.29, 0.717) is 12.1 Å². The second-order valence-electron chi connectivity index (χ2n) is 4.93. The molecule has 2 aromatic heterocycles. The molecule has 1 N–H and O–H groups in total. The van der Waals surface area contributed by atoms with Crippen molar-refractivity contribution in [2.75, 3.05) is 12.4 Å². The van der Waals surface area contributed by atoms with Crippen molar-refractivity contribution < 1.29 is 4.74 Å². The fourth-order valence-electron chi connectivity index (χ4n) is 2.30. The van der Waals surface area contributed by atoms with Crippen LogP contribution in [0.3, 0.4) is 0 Å². The molecular formula is C17H15N3OS. The van der Waals surface area contributed by atoms with Crippen LogP contribution in [-0.2, 0) is 6.54 Å². The smallest absolute Gasteiger partial charge is 0.135 e. The summed E-state index contributed by atoms with van der Waals surface area (Å²) in [6, 6.07) is 12.2. The molecular weight excluding hydrogens is 294 g/mol. The van der Waals surface area contributed by atoms with Crippen molar-refractivity contribution in [2.24, 2.45) is 0 Å². The lowest BCUT2D eigenvalue weighted by Gasteiger charge is -2.08. The van der Waals surface area contributed by atoms with Gasteiger partial charge in [0.05, 0.1) is 17.4 Å². The Bertz CT molecular complexity index is 847. The number of methoxy groups -OCH3 is 1. The molecule has 3 rings (SSSR count). The zero-order valence-electron chi connectivity index (χ0n) is 12.4. The van der Waals surface area contributed by atoms with E-state index >= 15 is 0 Å². The quantitative estimate of drug-likeness (QED) is 0.788. The molecule has 5 heteroatoms. The molecule has 22 heavy (non-hydrogen) atoms. The van der Waals surface area contributed by atoms with E-state index in [1.54, 1.807) is 24.6 Å². The molecule has 3 aromatic rings. The number of ether oxygens (including phenoxy) is 1. The first-order valence-corrected chi connectivity index (χ1v) is 7.69. The van der Waals surface area contributed by atoms with Crippen LogP contribution in [0.25, 0.3) is 10.1 Å². The Balaban J connectivity index is 1.86. The zero-order chi connectivity index (χ0) is 15.5. The number of pyridine rings is 1. The largest absolute Gasteiger partial charge is 0.497 e. The predicted molar refractivity (Wildman–Crippen MR) is 89.4 cm³/mol. The van der Waals surface area contributed by atoms with Gasteiger partial charge in [-0.1, -0.05) is 12.1 Å². The maximum atomic E-state index is 9.18. The summed E-state index contributed by atoms with van der Waals surface area (Å²) in [5.74, 6) is 1.66. The number of aromatic nitrogens is 1. The fourth-order valence-corrected chi connectivity index (χ4v) is 3.27. The van der Waals surface area contributed by atoms with Crippen LogP contribution in [-0.4, -0.2) is 12.1 Å². The summed E-state index contributed by atoms with van der Waals surface area (Å²) in [5, 5.41) is 13.5. The average molecular weight is 309 g/mol. The molecule has 1 aromatic carbocycles. The summed E-state index contributed by atoms with van der Waals surface area (Å²) in [6.07, 6.45) is 1.63. The molecule has 0 unspecified atom stereocenters. The normalized spacial score (nSPS) is 10.4. The lowest BCUT2D eigenvalue weighted by Crippen LogP contribution is -2.02. The van der Waals surface area contributed by atoms with Crippen molar-refractivity contribution in [1.29, 1.82) is 5.26 Å². The van der Waals surface area contributed by atoms with E-state index in [2.05, 4.69) is 22.4 Å². The minimum absolute atomic E-state index is 0.628. The van der Waals surface area contributed by atoms with Crippen LogP contribution >= 0.6 is 11.3 Å². The minimum atomic E-state index is 0.628. The first kappa shape index (κ1) is 14.4. The Hall–Kier alpha value is -2.58. The standard InChI is InChI=1S/C17H15N3OS/c1-11-7-15-16(22-11)13(8-18)10-20-17(15)19-9-12-3-5-14(21-2)6-4-12/h3-7,10H,9H2,1-2H3,(H,19,20). The summed E-state index contributed by atoms with van der Waals surface area (Å²) < 4.78 is 6.15. The fraction of sp³-hybridized carbons (Fsp3) is 0.176. The number of benzene rings is 1. The summed E-state index contributed by atoms with van der Waals surface area (Å²) in [4.78, 5) is 5.56. The van der Waals surface area contributed by atoms with Crippen molar-refractivity contribution >= 4 is 27.2 Å². The van der Waals surface area contributed by atoms with E-state index in [1.807, 2.05) is 31.2 Å². The molecule has 0 aliphatic rings. The Morgan fingerprint density at radius 2 is 2.09 bits per heavy atom. The molecule has 2 heterocycles. The van der Waals surface area contributed by atoms with Gasteiger partial charge in [0.25, 0.3) is 0 Å². The first-order chi connectivity index (χ1) is 10.7. The number of hydrogen-bond donors (Lipinski definition) is 1. The van der Waals surface area contributed by atoms with E-state index in [4.69, 9.17) is 4.74 Å². The van der Waals surface area contributed by atoms with Crippen LogP contribution < -0.4 is 10.1 Å². The third-order valence-corrected chi connectivity index (χ3v) is 4.50. The van der Waals surface area contributed by atoms with E-state index < -0.39 is 0 Å². The number of fused-ring (bicyclic) bond motifs is 1. The van der Waals surface area contributed by atoms with E-state index in [1.165, 1.54) is 4.88 Å². The van der Waals surface area contributed by atoms with Gasteiger partial charge in [0.15, 0.2) is 0 Å². The van der Waals surface area contributed by atoms with Crippen molar-refractivity contribution in [2.45, 2.75) is 13.5 Å². The molecule has 4 nitrogen and oxygen atoms in total. The van der Waals surface area contributed by atoms with Crippen molar-refractivity contribution in [3.05, 3.63) is 52.5 Å². The molecule has 0 spiro atoms. The molecule has 0 bridgehead atoms. The molecule has 0 saturated heterocycles. The second-order valence-corrected chi connectivity index (χ2v) is 6.19. The predicted octanol–water partition coefficient (Wildman–Crippen LogP) is 4.10. The number of thiophene rings is 1. The maximum Gasteiger partial charge on any atom is 0.135 e. The van der Waals surface area contributed by atoms with Gasteiger partial charge in [0.1, 0.15) is 17.6 Å². The third-order valence-electron chi connectivity index (χ3n) is 3.42. The highest BCUT2D eigenvalue weighted by atomic mass is 32.1. The van der Waals surface area contributed by atoms with Gasteiger partial charge < -0.3 is 10.1 Å². The summed E-state index contributed by atoms with van der Waals surface area (Å²) in [6.45, 7) is 2.71. The highest BCUT2D eigenvalue weighted by Crippen LogP contribution is 2.32. The van der Waals surface area contributed by atoms with Crippen LogP contribution in [0.1, 0.15) is 16.0 Å². The number of rotatable bonds is 4. The van der Waals surface area contributed by atoms with Crippen LogP contribution in [0.15, 0.2) is 36.5 Å². The number of hydrogen-bond acceptors (Lipinski definition) is 5. The van der Waals surface area contributed by atoms with Gasteiger partial charge in [-0.2, -0.15) is 5.26 Å². The Morgan fingerprint density at radius 1 is 1.32 bits per heavy atom. The Morgan fingerprint density at radius 3 is 2.77 bits per heavy atom. The number of aryl methyl sites for hydroxylation is 1. The van der Waals surface area contributed by atoms with Crippen molar-refractivity contribution in [3.63, 3.8) is 0 Å². The van der Waals surface area contributed by atoms with Gasteiger partial charge in [-0.3, -0.25) is 0 Å². The monoisotopic (exact) mass is 309 g/mol. The molecule has 0 aliphatic heterocycles. The molecule has 0 aliphatic carbocycles. The molecule has 0 atom stereocenters. The van der Waals surface area contributed by atoms with Crippen molar-refractivity contribution in [1.82, 2.24) is 4.98 Å². The van der Waals surface area contributed by atoms with Gasteiger partial charge in [-0.15, -0.1) is 11.3 Å². The summed E-state index contributed by atoms with van der Waals surface area (Å²) in [7, 11) is 1.66. The topological polar surface area (TPSA) is 57.9 Å². The Labute approximate surface area is 133 Å². The molecule has 0 radical (unpaired) electrons. The third kappa shape index (κ3) is 2.74. The van der Waals surface area contributed by atoms with Crippen LogP contribution in [0.4, 0.5) is 5.82 Å². The van der Waals surface area contributed by atoms with E-state index in [9.17, 15) is 5.26 Å². The second kappa shape index (κ2) is 6.04. The summed E-state index contributed by atoms with van der Waals surface area (Å²) >= 11 is 1.63. The Kier molecular flexibility index (Phi) is 3.94. The molecule has 110 valence electrons. The van der Waals surface area contributed by atoms with E-state index in [-0.39, 0.29) is 0 Å². The van der Waals surface area contributed by atoms with Gasteiger partial charge in [0, 0.05) is 23.0 Å². The highest BCUT2D eigenvalue weighted by molar-refractivity contribution is 7.19. The zero-order valence-corrected chi connectivity index (χ0v) is 13.2. The van der Waals surface area contributed by atoms with E-state index in [0.717, 1.165) is 27.2 Å². The lowest BCUT2D eigenvalue weighted by atomic mass is 10.2. The molecule has 0 fully saturated rings. The molecule has 0 amide bonds. The van der Waals surface area contributed by atoms with Gasteiger partial charge in [0.2, 0.25) is 0 Å².